The van der Waals surface area contributed by atoms with Gasteiger partial charge in [0.2, 0.25) is 15.9 Å². The molecule has 0 spiro atoms. The molecule has 7 nitrogen and oxygen atoms in total. The van der Waals surface area contributed by atoms with Crippen LogP contribution in [0.5, 0.6) is 5.75 Å². The summed E-state index contributed by atoms with van der Waals surface area (Å²) in [6, 6.07) is 6.49. The molecule has 3 rings (SSSR count). The van der Waals surface area contributed by atoms with Gasteiger partial charge in [-0.2, -0.15) is 4.31 Å². The number of carbonyl (C=O) groups excluding carboxylic acids is 1. The predicted octanol–water partition coefficient (Wildman–Crippen LogP) is 1.86. The van der Waals surface area contributed by atoms with Crippen LogP contribution in [0.1, 0.15) is 20.3 Å². The smallest absolute Gasteiger partial charge is 0.243 e. The Balaban J connectivity index is 1.58. The highest BCUT2D eigenvalue weighted by atomic mass is 32.2. The molecule has 2 heterocycles. The first-order chi connectivity index (χ1) is 13.3. The van der Waals surface area contributed by atoms with Gasteiger partial charge in [-0.3, -0.25) is 4.79 Å². The number of hydrogen-bond donors (Lipinski definition) is 0. The second kappa shape index (κ2) is 8.91. The number of rotatable bonds is 8. The van der Waals surface area contributed by atoms with Gasteiger partial charge in [-0.1, -0.05) is 9.24 Å². The highest BCUT2D eigenvalue weighted by Gasteiger charge is 2.37. The highest BCUT2D eigenvalue weighted by Crippen LogP contribution is 2.30. The van der Waals surface area contributed by atoms with Gasteiger partial charge >= 0.3 is 0 Å². The molecule has 1 amide bonds. The summed E-state index contributed by atoms with van der Waals surface area (Å²) >= 11 is 0. The summed E-state index contributed by atoms with van der Waals surface area (Å²) in [5, 5.41) is 0. The topological polar surface area (TPSA) is 76.2 Å². The van der Waals surface area contributed by atoms with Crippen molar-refractivity contribution in [1.82, 2.24) is 9.21 Å². The summed E-state index contributed by atoms with van der Waals surface area (Å²) in [7, 11) is -1.04. The quantitative estimate of drug-likeness (QED) is 0.360. The van der Waals surface area contributed by atoms with Gasteiger partial charge in [0.25, 0.3) is 0 Å². The van der Waals surface area contributed by atoms with Crippen LogP contribution in [-0.2, 0) is 19.6 Å². The van der Waals surface area contributed by atoms with Gasteiger partial charge in [0, 0.05) is 32.8 Å². The van der Waals surface area contributed by atoms with E-state index in [1.165, 1.54) is 4.31 Å². The third-order valence-electron chi connectivity index (χ3n) is 4.80. The lowest BCUT2D eigenvalue weighted by atomic mass is 10.2. The third kappa shape index (κ3) is 4.74. The lowest BCUT2D eigenvalue weighted by molar-refractivity contribution is -0.131. The molecule has 0 saturated heterocycles. The predicted molar refractivity (Wildman–Crippen MR) is 110 cm³/mol. The largest absolute Gasteiger partial charge is 0.487 e. The van der Waals surface area contributed by atoms with E-state index in [-0.39, 0.29) is 16.6 Å². The van der Waals surface area contributed by atoms with Gasteiger partial charge in [0.15, 0.2) is 0 Å². The van der Waals surface area contributed by atoms with Crippen LogP contribution in [0.25, 0.3) is 0 Å². The molecule has 2 aliphatic rings. The molecule has 0 bridgehead atoms. The minimum atomic E-state index is -3.57. The van der Waals surface area contributed by atoms with E-state index in [0.717, 1.165) is 11.1 Å². The van der Waals surface area contributed by atoms with Crippen LogP contribution in [0.15, 0.2) is 40.3 Å². The number of sulfonamides is 1. The van der Waals surface area contributed by atoms with Crippen LogP contribution < -0.4 is 4.74 Å². The average Bonchev–Trinajstić information content (AvgIpc) is 3.21. The Morgan fingerprint density at radius 3 is 2.29 bits per heavy atom. The molecule has 0 radical (unpaired) electrons. The molecule has 2 aliphatic heterocycles. The van der Waals surface area contributed by atoms with Crippen molar-refractivity contribution in [3.05, 3.63) is 35.4 Å². The number of benzene rings is 1. The number of ether oxygens (including phenoxy) is 2. The van der Waals surface area contributed by atoms with Crippen LogP contribution in [-0.4, -0.2) is 68.8 Å². The lowest BCUT2D eigenvalue weighted by Crippen LogP contribution is -2.36. The summed E-state index contributed by atoms with van der Waals surface area (Å²) in [4.78, 5) is 14.3. The molecule has 0 aromatic heterocycles. The number of hydrogen-bond acceptors (Lipinski definition) is 5. The summed E-state index contributed by atoms with van der Waals surface area (Å²) in [5.41, 5.74) is 2.07. The van der Waals surface area contributed by atoms with Crippen molar-refractivity contribution in [3.63, 3.8) is 0 Å². The normalized spacial score (nSPS) is 18.5. The Kier molecular flexibility index (Phi) is 6.76. The van der Waals surface area contributed by atoms with Crippen LogP contribution in [0.4, 0.5) is 0 Å². The number of carbonyl (C=O) groups is 1. The Labute approximate surface area is 168 Å². The van der Waals surface area contributed by atoms with Crippen LogP contribution in [0.2, 0.25) is 0 Å². The fourth-order valence-electron chi connectivity index (χ4n) is 3.41. The molecule has 0 saturated carbocycles. The summed E-state index contributed by atoms with van der Waals surface area (Å²) in [6.07, 6.45) is 0.361. The second-order valence-electron chi connectivity index (χ2n) is 6.97. The van der Waals surface area contributed by atoms with Gasteiger partial charge in [0.1, 0.15) is 11.6 Å². The third-order valence-corrected chi connectivity index (χ3v) is 6.74. The van der Waals surface area contributed by atoms with Gasteiger partial charge < -0.3 is 14.4 Å². The van der Waals surface area contributed by atoms with Crippen molar-refractivity contribution in [1.29, 1.82) is 0 Å². The van der Waals surface area contributed by atoms with Crippen LogP contribution in [0.3, 0.4) is 0 Å². The van der Waals surface area contributed by atoms with Crippen molar-refractivity contribution >= 4 is 25.2 Å². The van der Waals surface area contributed by atoms with E-state index in [0.29, 0.717) is 51.6 Å². The van der Waals surface area contributed by atoms with Crippen molar-refractivity contribution in [2.24, 2.45) is 0 Å². The zero-order valence-electron chi connectivity index (χ0n) is 16.3. The minimum Gasteiger partial charge on any atom is -0.487 e. The van der Waals surface area contributed by atoms with Crippen LogP contribution in [0, 0.1) is 0 Å². The molecular formula is C19H27N2O5PS. The Hall–Kier alpha value is -1.47. The van der Waals surface area contributed by atoms with Crippen molar-refractivity contribution < 1.29 is 22.7 Å². The molecule has 0 N–H and O–H groups in total. The second-order valence-corrected chi connectivity index (χ2v) is 9.85. The molecule has 154 valence electrons. The molecule has 28 heavy (non-hydrogen) atoms. The van der Waals surface area contributed by atoms with E-state index < -0.39 is 10.0 Å². The average molecular weight is 426 g/mol. The Morgan fingerprint density at radius 2 is 1.75 bits per heavy atom. The van der Waals surface area contributed by atoms with Gasteiger partial charge in [-0.25, -0.2) is 8.42 Å². The SMILES string of the molecule is CCOCCC(=O)N1CC2=C(C1)CN(S(=O)(=O)c1ccc(OC(C)P)cc1)C2. The van der Waals surface area contributed by atoms with Crippen molar-refractivity contribution in [2.45, 2.75) is 31.0 Å². The standard InChI is InChI=1S/C19H27N2O5PS/c1-3-25-9-8-19(22)20-10-15-12-21(13-16(15)11-20)28(23,24)18-6-4-17(5-7-18)26-14(2)27/h4-7,14H,3,8-13,27H2,1-2H3. The Morgan fingerprint density at radius 1 is 1.14 bits per heavy atom. The molecule has 1 aromatic carbocycles. The molecule has 0 aliphatic carbocycles. The summed E-state index contributed by atoms with van der Waals surface area (Å²) < 4.78 is 38.1. The highest BCUT2D eigenvalue weighted by molar-refractivity contribution is 7.89. The van der Waals surface area contributed by atoms with E-state index in [9.17, 15) is 13.2 Å². The maximum Gasteiger partial charge on any atom is 0.243 e. The number of amides is 1. The van der Waals surface area contributed by atoms with Crippen molar-refractivity contribution in [3.8, 4) is 5.75 Å². The van der Waals surface area contributed by atoms with Gasteiger partial charge in [0.05, 0.1) is 17.9 Å². The van der Waals surface area contributed by atoms with E-state index in [1.807, 2.05) is 13.8 Å². The zero-order valence-corrected chi connectivity index (χ0v) is 18.2. The first-order valence-electron chi connectivity index (χ1n) is 9.39. The lowest BCUT2D eigenvalue weighted by Gasteiger charge is -2.23. The maximum absolute atomic E-state index is 12.9. The first kappa shape index (κ1) is 21.2. The molecule has 2 unspecified atom stereocenters. The fraction of sp³-hybridized carbons (Fsp3) is 0.526. The zero-order chi connectivity index (χ0) is 20.3. The van der Waals surface area contributed by atoms with Crippen LogP contribution >= 0.6 is 9.24 Å². The van der Waals surface area contributed by atoms with E-state index in [1.54, 1.807) is 29.2 Å². The minimum absolute atomic E-state index is 0.0487. The molecule has 0 fully saturated rings. The molecule has 2 atom stereocenters. The molecular weight excluding hydrogens is 399 g/mol. The fourth-order valence-corrected chi connectivity index (χ4v) is 4.99. The van der Waals surface area contributed by atoms with E-state index >= 15 is 0 Å². The molecule has 1 aromatic rings. The summed E-state index contributed by atoms with van der Waals surface area (Å²) in [6.45, 7) is 6.50. The van der Waals surface area contributed by atoms with Gasteiger partial charge in [-0.05, 0) is 49.3 Å². The van der Waals surface area contributed by atoms with Crippen molar-refractivity contribution in [2.75, 3.05) is 39.4 Å². The monoisotopic (exact) mass is 426 g/mol. The first-order valence-corrected chi connectivity index (χ1v) is 11.5. The Bertz CT molecular complexity index is 834. The maximum atomic E-state index is 12.9. The number of nitrogens with zero attached hydrogens (tertiary/aromatic N) is 2. The van der Waals surface area contributed by atoms with Gasteiger partial charge in [-0.15, -0.1) is 0 Å². The summed E-state index contributed by atoms with van der Waals surface area (Å²) in [5.74, 6) is 0.633. The van der Waals surface area contributed by atoms with E-state index in [2.05, 4.69) is 9.24 Å². The van der Waals surface area contributed by atoms with E-state index in [4.69, 9.17) is 9.47 Å². The molecule has 9 heteroatoms.